The van der Waals surface area contributed by atoms with Crippen molar-refractivity contribution >= 4 is 29.8 Å². The average Bonchev–Trinajstić information content (AvgIpc) is 2.73. The fraction of sp³-hybridized carbons (Fsp3) is 0.560. The highest BCUT2D eigenvalue weighted by atomic mass is 16.6. The van der Waals surface area contributed by atoms with Crippen molar-refractivity contribution in [2.45, 2.75) is 72.1 Å². The Kier molecular flexibility index (Phi) is 11.4. The van der Waals surface area contributed by atoms with Crippen molar-refractivity contribution in [3.8, 4) is 0 Å². The number of nitrogens with two attached hydrogens (primary N) is 1. The number of ether oxygens (including phenoxy) is 2. The number of carbonyl (C=O) groups is 5. The maximum Gasteiger partial charge on any atom is 0.408 e. The molecule has 1 rings (SSSR count). The minimum atomic E-state index is -1.36. The van der Waals surface area contributed by atoms with Crippen molar-refractivity contribution in [2.75, 3.05) is 20.2 Å². The number of carbonyl (C=O) groups excluding carboxylic acids is 5. The van der Waals surface area contributed by atoms with Gasteiger partial charge in [-0.15, -0.1) is 0 Å². The van der Waals surface area contributed by atoms with Gasteiger partial charge in [-0.1, -0.05) is 18.2 Å². The van der Waals surface area contributed by atoms with E-state index >= 15 is 0 Å². The lowest BCUT2D eigenvalue weighted by atomic mass is 9.94. The molecule has 4 amide bonds. The van der Waals surface area contributed by atoms with Crippen LogP contribution < -0.4 is 16.4 Å². The van der Waals surface area contributed by atoms with Crippen molar-refractivity contribution in [1.82, 2.24) is 15.5 Å². The van der Waals surface area contributed by atoms with Gasteiger partial charge in [0.2, 0.25) is 17.7 Å². The fourth-order valence-corrected chi connectivity index (χ4v) is 3.60. The molecular formula is C25H38N4O7. The van der Waals surface area contributed by atoms with E-state index in [9.17, 15) is 24.0 Å². The van der Waals surface area contributed by atoms with Crippen LogP contribution in [0.2, 0.25) is 0 Å². The number of hydrogen-bond acceptors (Lipinski definition) is 7. The number of nitrogens with zero attached hydrogens (tertiary/aromatic N) is 1. The second-order valence-corrected chi connectivity index (χ2v) is 9.37. The maximum absolute atomic E-state index is 13.5. The van der Waals surface area contributed by atoms with Gasteiger partial charge in [0.15, 0.2) is 0 Å². The summed E-state index contributed by atoms with van der Waals surface area (Å²) in [5, 5.41) is 5.06. The van der Waals surface area contributed by atoms with Crippen LogP contribution in [0.25, 0.3) is 0 Å². The molecule has 0 saturated carbocycles. The zero-order valence-electron chi connectivity index (χ0n) is 22.1. The van der Waals surface area contributed by atoms with Gasteiger partial charge < -0.3 is 30.7 Å². The van der Waals surface area contributed by atoms with E-state index in [2.05, 4.69) is 10.6 Å². The van der Waals surface area contributed by atoms with E-state index in [1.807, 2.05) is 6.07 Å². The standard InChI is InChI=1S/C25H38N4O7/c1-8-35-19(31)12-13-27-22(32)21(20-15(2)10-9-11-16(20)3)29(7)23(33)17(14-18(26)30)28-24(34)36-25(4,5)6/h9-11,17,21H,8,12-14H2,1-7H3,(H2,26,30)(H,27,32)(H,28,34). The summed E-state index contributed by atoms with van der Waals surface area (Å²) in [4.78, 5) is 63.7. The van der Waals surface area contributed by atoms with Gasteiger partial charge in [0.1, 0.15) is 17.7 Å². The van der Waals surface area contributed by atoms with Crippen molar-refractivity contribution in [3.05, 3.63) is 34.9 Å². The lowest BCUT2D eigenvalue weighted by Gasteiger charge is -2.32. The predicted molar refractivity (Wildman–Crippen MR) is 133 cm³/mol. The highest BCUT2D eigenvalue weighted by Gasteiger charge is 2.36. The largest absolute Gasteiger partial charge is 0.466 e. The van der Waals surface area contributed by atoms with Gasteiger partial charge in [-0.2, -0.15) is 0 Å². The third kappa shape index (κ3) is 9.55. The molecule has 0 spiro atoms. The monoisotopic (exact) mass is 506 g/mol. The number of primary amides is 1. The molecule has 2 unspecified atom stereocenters. The Bertz CT molecular complexity index is 951. The molecule has 0 fully saturated rings. The Hall–Kier alpha value is -3.63. The van der Waals surface area contributed by atoms with Crippen LogP contribution in [-0.4, -0.2) is 66.5 Å². The van der Waals surface area contributed by atoms with Crippen molar-refractivity contribution < 1.29 is 33.4 Å². The second-order valence-electron chi connectivity index (χ2n) is 9.37. The van der Waals surface area contributed by atoms with Gasteiger partial charge in [0.25, 0.3) is 0 Å². The molecule has 0 aromatic heterocycles. The molecule has 11 nitrogen and oxygen atoms in total. The summed E-state index contributed by atoms with van der Waals surface area (Å²) in [6.07, 6.45) is -1.44. The number of likely N-dealkylation sites (N-methyl/N-ethyl adjacent to an activating group) is 1. The molecular weight excluding hydrogens is 468 g/mol. The first-order chi connectivity index (χ1) is 16.7. The van der Waals surface area contributed by atoms with E-state index in [0.29, 0.717) is 5.56 Å². The Morgan fingerprint density at radius 3 is 2.17 bits per heavy atom. The molecule has 1 aromatic rings. The summed E-state index contributed by atoms with van der Waals surface area (Å²) in [6, 6.07) is 2.96. The van der Waals surface area contributed by atoms with Gasteiger partial charge in [-0.25, -0.2) is 4.79 Å². The Morgan fingerprint density at radius 2 is 1.67 bits per heavy atom. The minimum absolute atomic E-state index is 0.00198. The smallest absolute Gasteiger partial charge is 0.408 e. The SMILES string of the molecule is CCOC(=O)CCNC(=O)C(c1c(C)cccc1C)N(C)C(=O)C(CC(N)=O)NC(=O)OC(C)(C)C. The van der Waals surface area contributed by atoms with Crippen LogP contribution in [0, 0.1) is 13.8 Å². The van der Waals surface area contributed by atoms with E-state index < -0.39 is 53.9 Å². The van der Waals surface area contributed by atoms with E-state index in [-0.39, 0.29) is 19.6 Å². The zero-order valence-corrected chi connectivity index (χ0v) is 22.1. The lowest BCUT2D eigenvalue weighted by Crippen LogP contribution is -2.53. The zero-order chi connectivity index (χ0) is 27.6. The molecule has 36 heavy (non-hydrogen) atoms. The van der Waals surface area contributed by atoms with Crippen LogP contribution in [0.5, 0.6) is 0 Å². The molecule has 0 saturated heterocycles. The number of amides is 4. The summed E-state index contributed by atoms with van der Waals surface area (Å²) in [5.74, 6) is -2.54. The first-order valence-electron chi connectivity index (χ1n) is 11.7. The van der Waals surface area contributed by atoms with Crippen LogP contribution in [0.1, 0.15) is 63.3 Å². The van der Waals surface area contributed by atoms with E-state index in [0.717, 1.165) is 16.0 Å². The van der Waals surface area contributed by atoms with Crippen LogP contribution >= 0.6 is 0 Å². The van der Waals surface area contributed by atoms with Gasteiger partial charge in [-0.05, 0) is 58.2 Å². The van der Waals surface area contributed by atoms with Crippen LogP contribution in [0.4, 0.5) is 4.79 Å². The topological polar surface area (TPSA) is 157 Å². The van der Waals surface area contributed by atoms with Crippen molar-refractivity contribution in [1.29, 1.82) is 0 Å². The van der Waals surface area contributed by atoms with E-state index in [4.69, 9.17) is 15.2 Å². The Labute approximate surface area is 212 Å². The van der Waals surface area contributed by atoms with E-state index in [1.165, 1.54) is 7.05 Å². The summed E-state index contributed by atoms with van der Waals surface area (Å²) < 4.78 is 10.1. The van der Waals surface area contributed by atoms with Crippen LogP contribution in [-0.2, 0) is 28.7 Å². The predicted octanol–water partition coefficient (Wildman–Crippen LogP) is 1.64. The maximum atomic E-state index is 13.5. The molecule has 0 heterocycles. The van der Waals surface area contributed by atoms with Crippen LogP contribution in [0.3, 0.4) is 0 Å². The number of hydrogen-bond donors (Lipinski definition) is 3. The van der Waals surface area contributed by atoms with Gasteiger partial charge >= 0.3 is 12.1 Å². The molecule has 4 N–H and O–H groups in total. The molecule has 0 bridgehead atoms. The third-order valence-electron chi connectivity index (χ3n) is 5.13. The van der Waals surface area contributed by atoms with Crippen molar-refractivity contribution in [3.63, 3.8) is 0 Å². The second kappa shape index (κ2) is 13.5. The fourth-order valence-electron chi connectivity index (χ4n) is 3.60. The first kappa shape index (κ1) is 30.4. The molecule has 11 heteroatoms. The highest BCUT2D eigenvalue weighted by molar-refractivity contribution is 5.94. The molecule has 0 aliphatic heterocycles. The normalized spacial score (nSPS) is 12.6. The average molecular weight is 507 g/mol. The number of alkyl carbamates (subject to hydrolysis) is 1. The molecule has 200 valence electrons. The van der Waals surface area contributed by atoms with Crippen LogP contribution in [0.15, 0.2) is 18.2 Å². The number of aryl methyl sites for hydroxylation is 2. The molecule has 0 aliphatic carbocycles. The Morgan fingerprint density at radius 1 is 1.08 bits per heavy atom. The first-order valence-corrected chi connectivity index (χ1v) is 11.7. The quantitative estimate of drug-likeness (QED) is 0.385. The van der Waals surface area contributed by atoms with E-state index in [1.54, 1.807) is 53.7 Å². The molecule has 2 atom stereocenters. The Balaban J connectivity index is 3.29. The summed E-state index contributed by atoms with van der Waals surface area (Å²) in [6.45, 7) is 10.5. The van der Waals surface area contributed by atoms with Gasteiger partial charge in [-0.3, -0.25) is 19.2 Å². The highest BCUT2D eigenvalue weighted by Crippen LogP contribution is 2.27. The molecule has 0 radical (unpaired) electrons. The number of esters is 1. The summed E-state index contributed by atoms with van der Waals surface area (Å²) in [7, 11) is 1.40. The minimum Gasteiger partial charge on any atom is -0.466 e. The summed E-state index contributed by atoms with van der Waals surface area (Å²) >= 11 is 0. The molecule has 0 aliphatic rings. The van der Waals surface area contributed by atoms with Gasteiger partial charge in [0, 0.05) is 13.6 Å². The third-order valence-corrected chi connectivity index (χ3v) is 5.13. The number of rotatable bonds is 11. The number of benzene rings is 1. The van der Waals surface area contributed by atoms with Crippen molar-refractivity contribution in [2.24, 2.45) is 5.73 Å². The lowest BCUT2D eigenvalue weighted by molar-refractivity contribution is -0.144. The number of nitrogens with one attached hydrogen (secondary N) is 2. The summed E-state index contributed by atoms with van der Waals surface area (Å²) in [5.41, 5.74) is 6.58. The van der Waals surface area contributed by atoms with Gasteiger partial charge in [0.05, 0.1) is 19.4 Å². The molecule has 1 aromatic carbocycles.